The highest BCUT2D eigenvalue weighted by molar-refractivity contribution is 5.74. The van der Waals surface area contributed by atoms with E-state index in [1.165, 1.54) is 0 Å². The van der Waals surface area contributed by atoms with Gasteiger partial charge in [0.25, 0.3) is 0 Å². The maximum atomic E-state index is 12.3. The third kappa shape index (κ3) is 4.76. The second kappa shape index (κ2) is 9.21. The van der Waals surface area contributed by atoms with Gasteiger partial charge >= 0.3 is 5.97 Å². The summed E-state index contributed by atoms with van der Waals surface area (Å²) >= 11 is 0. The number of aromatic amines is 1. The predicted molar refractivity (Wildman–Crippen MR) is 108 cm³/mol. The van der Waals surface area contributed by atoms with Gasteiger partial charge in [-0.3, -0.25) is 0 Å². The number of nitrogens with one attached hydrogen (secondary N) is 2. The maximum absolute atomic E-state index is 12.3. The second-order valence-electron chi connectivity index (χ2n) is 7.23. The summed E-state index contributed by atoms with van der Waals surface area (Å²) in [4.78, 5) is 12.3. The molecule has 3 aromatic rings. The van der Waals surface area contributed by atoms with Crippen LogP contribution in [0.4, 0.5) is 0 Å². The molecule has 9 nitrogen and oxygen atoms in total. The molecule has 1 aromatic heterocycles. The van der Waals surface area contributed by atoms with E-state index in [9.17, 15) is 9.90 Å². The molecule has 1 aliphatic rings. The first-order chi connectivity index (χ1) is 14.6. The Bertz CT molecular complexity index is 990. The molecule has 0 aliphatic carbocycles. The van der Waals surface area contributed by atoms with Crippen LogP contribution in [-0.2, 0) is 27.3 Å². The average molecular weight is 412 g/mol. The number of carbonyl (C=O) groups is 1. The van der Waals surface area contributed by atoms with Gasteiger partial charge in [-0.1, -0.05) is 18.2 Å². The van der Waals surface area contributed by atoms with Crippen molar-refractivity contribution in [3.63, 3.8) is 0 Å². The first kappa shape index (κ1) is 20.3. The Hall–Kier alpha value is -3.01. The number of hydrogen-bond acceptors (Lipinski definition) is 8. The Balaban J connectivity index is 1.28. The Morgan fingerprint density at radius 2 is 1.90 bits per heavy atom. The Morgan fingerprint density at radius 3 is 2.70 bits per heavy atom. The van der Waals surface area contributed by atoms with Gasteiger partial charge in [-0.15, -0.1) is 0 Å². The van der Waals surface area contributed by atoms with Gasteiger partial charge in [0.2, 0.25) is 0 Å². The summed E-state index contributed by atoms with van der Waals surface area (Å²) in [5, 5.41) is 24.0. The number of benzene rings is 2. The van der Waals surface area contributed by atoms with Crippen LogP contribution in [0.1, 0.15) is 11.1 Å². The van der Waals surface area contributed by atoms with Crippen LogP contribution in [0.2, 0.25) is 0 Å². The van der Waals surface area contributed by atoms with Crippen LogP contribution >= 0.6 is 0 Å². The first-order valence-corrected chi connectivity index (χ1v) is 9.73. The number of β-amino-alcohol motifs (C(OH)–C–C–N with tert-alkyl or cyclic N) is 1. The number of esters is 1. The van der Waals surface area contributed by atoms with Crippen molar-refractivity contribution in [2.75, 3.05) is 20.3 Å². The molecular weight excluding hydrogens is 388 g/mol. The third-order valence-electron chi connectivity index (χ3n) is 5.12. The van der Waals surface area contributed by atoms with Gasteiger partial charge < -0.3 is 24.6 Å². The van der Waals surface area contributed by atoms with Crippen molar-refractivity contribution in [3.05, 3.63) is 53.6 Å². The minimum absolute atomic E-state index is 0.174. The number of H-pyrrole nitrogens is 1. The topological polar surface area (TPSA) is 119 Å². The van der Waals surface area contributed by atoms with Crippen molar-refractivity contribution in [2.45, 2.75) is 31.3 Å². The van der Waals surface area contributed by atoms with Crippen LogP contribution in [0.15, 0.2) is 42.5 Å². The summed E-state index contributed by atoms with van der Waals surface area (Å²) in [6.45, 7) is 0.422. The second-order valence-corrected chi connectivity index (χ2v) is 7.23. The summed E-state index contributed by atoms with van der Waals surface area (Å²) in [5.41, 5.74) is 3.44. The molecule has 2 heterocycles. The number of rotatable bonds is 8. The fourth-order valence-electron chi connectivity index (χ4n) is 3.55. The average Bonchev–Trinajstić information content (AvgIpc) is 3.36. The minimum Gasteiger partial charge on any atom is -0.497 e. The lowest BCUT2D eigenvalue weighted by molar-refractivity contribution is -0.159. The van der Waals surface area contributed by atoms with Gasteiger partial charge in [0.15, 0.2) is 0 Å². The Kier molecular flexibility index (Phi) is 6.22. The number of aromatic nitrogens is 3. The van der Waals surface area contributed by atoms with E-state index in [1.54, 1.807) is 7.11 Å². The summed E-state index contributed by atoms with van der Waals surface area (Å²) in [5.74, 6) is 0.269. The van der Waals surface area contributed by atoms with Crippen molar-refractivity contribution in [3.8, 4) is 5.75 Å². The molecule has 0 saturated carbocycles. The molecule has 3 N–H and O–H groups in total. The van der Waals surface area contributed by atoms with Crippen LogP contribution in [0.5, 0.6) is 5.75 Å². The van der Waals surface area contributed by atoms with Crippen LogP contribution in [0.25, 0.3) is 11.0 Å². The number of carbonyl (C=O) groups excluding carboxylic acids is 1. The molecule has 0 bridgehead atoms. The molecule has 0 radical (unpaired) electrons. The molecule has 4 rings (SSSR count). The SMILES string of the molecule is COc1ccc(C[C@H]2NC[C@H](O)[C@H]2OC(=O)COCc2ccc3n[nH]nc3c2)cc1. The molecule has 158 valence electrons. The zero-order valence-corrected chi connectivity index (χ0v) is 16.6. The normalized spacial score (nSPS) is 21.1. The molecule has 9 heteroatoms. The van der Waals surface area contributed by atoms with Crippen LogP contribution in [0.3, 0.4) is 0 Å². The number of aliphatic hydroxyl groups excluding tert-OH is 1. The molecule has 0 unspecified atom stereocenters. The standard InChI is InChI=1S/C21H24N4O5/c1-28-15-5-2-13(3-6-15)8-18-21(19(26)10-22-18)30-20(27)12-29-11-14-4-7-16-17(9-14)24-25-23-16/h2-7,9,18-19,21-22,26H,8,10-12H2,1H3,(H,23,24,25)/t18-,19+,21+/m1/s1. The van der Waals surface area contributed by atoms with E-state index in [1.807, 2.05) is 42.5 Å². The summed E-state index contributed by atoms with van der Waals surface area (Å²) < 4.78 is 16.2. The van der Waals surface area contributed by atoms with Crippen molar-refractivity contribution >= 4 is 17.0 Å². The lowest BCUT2D eigenvalue weighted by Crippen LogP contribution is -2.39. The maximum Gasteiger partial charge on any atom is 0.332 e. The quantitative estimate of drug-likeness (QED) is 0.469. The zero-order chi connectivity index (χ0) is 20.9. The highest BCUT2D eigenvalue weighted by atomic mass is 16.6. The third-order valence-corrected chi connectivity index (χ3v) is 5.12. The van der Waals surface area contributed by atoms with Crippen molar-refractivity contribution in [1.29, 1.82) is 0 Å². The minimum atomic E-state index is -0.758. The number of hydrogen-bond donors (Lipinski definition) is 3. The van der Waals surface area contributed by atoms with Gasteiger partial charge in [0, 0.05) is 6.54 Å². The van der Waals surface area contributed by atoms with Crippen LogP contribution in [-0.4, -0.2) is 65.0 Å². The lowest BCUT2D eigenvalue weighted by atomic mass is 10.0. The van der Waals surface area contributed by atoms with Crippen molar-refractivity contribution in [1.82, 2.24) is 20.7 Å². The van der Waals surface area contributed by atoms with E-state index < -0.39 is 18.2 Å². The van der Waals surface area contributed by atoms with Gasteiger partial charge in [0.05, 0.1) is 19.8 Å². The molecule has 2 aromatic carbocycles. The molecule has 3 atom stereocenters. The summed E-state index contributed by atoms with van der Waals surface area (Å²) in [6, 6.07) is 13.0. The highest BCUT2D eigenvalue weighted by Crippen LogP contribution is 2.19. The van der Waals surface area contributed by atoms with Crippen molar-refractivity contribution < 1.29 is 24.1 Å². The van der Waals surface area contributed by atoms with Gasteiger partial charge in [-0.05, 0) is 41.8 Å². The Morgan fingerprint density at radius 1 is 1.13 bits per heavy atom. The molecule has 0 spiro atoms. The van der Waals surface area contributed by atoms with Crippen LogP contribution < -0.4 is 10.1 Å². The molecule has 0 amide bonds. The zero-order valence-electron chi connectivity index (χ0n) is 16.6. The smallest absolute Gasteiger partial charge is 0.332 e. The summed E-state index contributed by atoms with van der Waals surface area (Å²) in [6.07, 6.45) is -0.765. The first-order valence-electron chi connectivity index (χ1n) is 9.73. The van der Waals surface area contributed by atoms with Gasteiger partial charge in [0.1, 0.15) is 35.6 Å². The fourth-order valence-corrected chi connectivity index (χ4v) is 3.55. The Labute approximate surface area is 173 Å². The number of aliphatic hydroxyl groups is 1. The molecule has 1 aliphatic heterocycles. The van der Waals surface area contributed by atoms with E-state index >= 15 is 0 Å². The van der Waals surface area contributed by atoms with Gasteiger partial charge in [-0.2, -0.15) is 15.4 Å². The molecule has 30 heavy (non-hydrogen) atoms. The number of methoxy groups -OCH3 is 1. The predicted octanol–water partition coefficient (Wildman–Crippen LogP) is 0.970. The van der Waals surface area contributed by atoms with E-state index in [0.717, 1.165) is 27.9 Å². The van der Waals surface area contributed by atoms with E-state index in [-0.39, 0.29) is 19.3 Å². The highest BCUT2D eigenvalue weighted by Gasteiger charge is 2.37. The fraction of sp³-hybridized carbons (Fsp3) is 0.381. The number of fused-ring (bicyclic) bond motifs is 1. The molecule has 1 fully saturated rings. The van der Waals surface area contributed by atoms with Crippen molar-refractivity contribution in [2.24, 2.45) is 0 Å². The van der Waals surface area contributed by atoms with E-state index in [4.69, 9.17) is 14.2 Å². The van der Waals surface area contributed by atoms with Crippen LogP contribution in [0, 0.1) is 0 Å². The van der Waals surface area contributed by atoms with E-state index in [2.05, 4.69) is 20.7 Å². The summed E-state index contributed by atoms with van der Waals surface area (Å²) in [7, 11) is 1.62. The largest absolute Gasteiger partial charge is 0.497 e. The number of ether oxygens (including phenoxy) is 3. The monoisotopic (exact) mass is 412 g/mol. The van der Waals surface area contributed by atoms with E-state index in [0.29, 0.717) is 13.0 Å². The number of nitrogens with zero attached hydrogens (tertiary/aromatic N) is 2. The lowest BCUT2D eigenvalue weighted by Gasteiger charge is -2.22. The molecule has 1 saturated heterocycles. The van der Waals surface area contributed by atoms with Gasteiger partial charge in [-0.25, -0.2) is 4.79 Å². The molecular formula is C21H24N4O5.